The summed E-state index contributed by atoms with van der Waals surface area (Å²) in [5.74, 6) is 0.742. The van der Waals surface area contributed by atoms with Gasteiger partial charge >= 0.3 is 0 Å². The van der Waals surface area contributed by atoms with Crippen molar-refractivity contribution < 1.29 is 4.79 Å². The van der Waals surface area contributed by atoms with Gasteiger partial charge in [-0.05, 0) is 26.8 Å². The van der Waals surface area contributed by atoms with Gasteiger partial charge in [-0.3, -0.25) is 4.79 Å². The molecular formula is C11H18N4O. The molecule has 0 spiro atoms. The molecule has 88 valence electrons. The number of carbonyl (C=O) groups is 1. The summed E-state index contributed by atoms with van der Waals surface area (Å²) in [6.07, 6.45) is 1.72. The zero-order chi connectivity index (χ0) is 12.0. The van der Waals surface area contributed by atoms with Crippen molar-refractivity contribution >= 4 is 5.91 Å². The molecule has 0 bridgehead atoms. The molecule has 1 amide bonds. The summed E-state index contributed by atoms with van der Waals surface area (Å²) >= 11 is 0. The minimum absolute atomic E-state index is 0.000720. The molecule has 0 aliphatic heterocycles. The molecular weight excluding hydrogens is 204 g/mol. The number of amides is 1. The highest BCUT2D eigenvalue weighted by Crippen LogP contribution is 1.93. The van der Waals surface area contributed by atoms with Crippen molar-refractivity contribution in [2.24, 2.45) is 0 Å². The van der Waals surface area contributed by atoms with Crippen LogP contribution in [0.5, 0.6) is 0 Å². The Labute approximate surface area is 95.7 Å². The molecule has 0 fully saturated rings. The van der Waals surface area contributed by atoms with Crippen molar-refractivity contribution in [3.8, 4) is 0 Å². The lowest BCUT2D eigenvalue weighted by Gasteiger charge is -2.08. The van der Waals surface area contributed by atoms with Gasteiger partial charge in [-0.25, -0.2) is 9.97 Å². The van der Waals surface area contributed by atoms with Gasteiger partial charge < -0.3 is 10.6 Å². The number of aryl methyl sites for hydroxylation is 1. The van der Waals surface area contributed by atoms with Crippen LogP contribution in [-0.4, -0.2) is 28.5 Å². The number of rotatable bonds is 5. The highest BCUT2D eigenvalue weighted by atomic mass is 16.1. The summed E-state index contributed by atoms with van der Waals surface area (Å²) in [4.78, 5) is 19.5. The minimum Gasteiger partial charge on any atom is -0.353 e. The van der Waals surface area contributed by atoms with E-state index in [-0.39, 0.29) is 11.9 Å². The molecule has 1 rings (SSSR count). The second-order valence-electron chi connectivity index (χ2n) is 3.92. The first-order valence-corrected chi connectivity index (χ1v) is 5.36. The van der Waals surface area contributed by atoms with Crippen LogP contribution in [0.4, 0.5) is 0 Å². The van der Waals surface area contributed by atoms with E-state index in [2.05, 4.69) is 20.6 Å². The Morgan fingerprint density at radius 3 is 2.88 bits per heavy atom. The average Bonchev–Trinajstić information content (AvgIpc) is 2.16. The predicted octanol–water partition coefficient (Wildman–Crippen LogP) is 0.399. The summed E-state index contributed by atoms with van der Waals surface area (Å²) < 4.78 is 0. The van der Waals surface area contributed by atoms with Crippen molar-refractivity contribution in [3.05, 3.63) is 23.8 Å². The van der Waals surface area contributed by atoms with Crippen LogP contribution in [0, 0.1) is 6.92 Å². The molecule has 5 heteroatoms. The van der Waals surface area contributed by atoms with Crippen LogP contribution in [0.2, 0.25) is 0 Å². The maximum absolute atomic E-state index is 11.3. The Morgan fingerprint density at radius 1 is 1.50 bits per heavy atom. The smallest absolute Gasteiger partial charge is 0.234 e. The van der Waals surface area contributed by atoms with Crippen LogP contribution in [0.1, 0.15) is 25.4 Å². The van der Waals surface area contributed by atoms with Crippen LogP contribution >= 0.6 is 0 Å². The second kappa shape index (κ2) is 6.17. The fraction of sp³-hybridized carbons (Fsp3) is 0.545. The molecule has 1 heterocycles. The van der Waals surface area contributed by atoms with Crippen LogP contribution in [0.3, 0.4) is 0 Å². The molecule has 1 aromatic rings. The molecule has 1 aromatic heterocycles. The van der Waals surface area contributed by atoms with Crippen LogP contribution in [-0.2, 0) is 11.3 Å². The zero-order valence-corrected chi connectivity index (χ0v) is 9.95. The highest BCUT2D eigenvalue weighted by Gasteiger charge is 2.02. The highest BCUT2D eigenvalue weighted by molar-refractivity contribution is 5.78. The monoisotopic (exact) mass is 222 g/mol. The molecule has 0 atom stereocenters. The van der Waals surface area contributed by atoms with Gasteiger partial charge in [0.05, 0.1) is 12.2 Å². The van der Waals surface area contributed by atoms with Gasteiger partial charge in [-0.15, -0.1) is 0 Å². The molecule has 0 unspecified atom stereocenters. The van der Waals surface area contributed by atoms with E-state index in [0.29, 0.717) is 13.1 Å². The third-order valence-corrected chi connectivity index (χ3v) is 1.88. The number of aromatic nitrogens is 2. The Bertz CT molecular complexity index is 352. The van der Waals surface area contributed by atoms with E-state index < -0.39 is 0 Å². The normalized spacial score (nSPS) is 10.5. The lowest BCUT2D eigenvalue weighted by molar-refractivity contribution is -0.120. The molecule has 2 N–H and O–H groups in total. The standard InChI is InChI=1S/C11H18N4O/c1-8(2)14-11(16)7-12-6-10-4-5-13-9(3)15-10/h4-5,8,12H,6-7H2,1-3H3,(H,14,16). The summed E-state index contributed by atoms with van der Waals surface area (Å²) in [6, 6.07) is 2.01. The first kappa shape index (κ1) is 12.6. The number of hydrogen-bond donors (Lipinski definition) is 2. The zero-order valence-electron chi connectivity index (χ0n) is 9.95. The van der Waals surface area contributed by atoms with Crippen LogP contribution < -0.4 is 10.6 Å². The molecule has 5 nitrogen and oxygen atoms in total. The van der Waals surface area contributed by atoms with Gasteiger partial charge in [-0.1, -0.05) is 0 Å². The van der Waals surface area contributed by atoms with Crippen LogP contribution in [0.25, 0.3) is 0 Å². The number of nitrogens with one attached hydrogen (secondary N) is 2. The number of nitrogens with zero attached hydrogens (tertiary/aromatic N) is 2. The second-order valence-corrected chi connectivity index (χ2v) is 3.92. The Hall–Kier alpha value is -1.49. The lowest BCUT2D eigenvalue weighted by Crippen LogP contribution is -2.37. The third-order valence-electron chi connectivity index (χ3n) is 1.88. The number of hydrogen-bond acceptors (Lipinski definition) is 4. The SMILES string of the molecule is Cc1nccc(CNCC(=O)NC(C)C)n1. The quantitative estimate of drug-likeness (QED) is 0.756. The molecule has 0 radical (unpaired) electrons. The maximum atomic E-state index is 11.3. The lowest BCUT2D eigenvalue weighted by atomic mass is 10.3. The summed E-state index contributed by atoms with van der Waals surface area (Å²) in [7, 11) is 0. The minimum atomic E-state index is 0.000720. The van der Waals surface area contributed by atoms with E-state index in [1.165, 1.54) is 0 Å². The topological polar surface area (TPSA) is 66.9 Å². The average molecular weight is 222 g/mol. The van der Waals surface area contributed by atoms with Crippen molar-refractivity contribution in [3.63, 3.8) is 0 Å². The van der Waals surface area contributed by atoms with Crippen molar-refractivity contribution in [1.29, 1.82) is 0 Å². The molecule has 0 aliphatic carbocycles. The molecule has 0 saturated heterocycles. The van der Waals surface area contributed by atoms with Crippen molar-refractivity contribution in [1.82, 2.24) is 20.6 Å². The van der Waals surface area contributed by atoms with Crippen molar-refractivity contribution in [2.45, 2.75) is 33.4 Å². The molecule has 0 aliphatic rings. The first-order valence-electron chi connectivity index (χ1n) is 5.36. The summed E-state index contributed by atoms with van der Waals surface area (Å²) in [5, 5.41) is 5.84. The summed E-state index contributed by atoms with van der Waals surface area (Å²) in [5.41, 5.74) is 0.893. The largest absolute Gasteiger partial charge is 0.353 e. The van der Waals surface area contributed by atoms with E-state index in [4.69, 9.17) is 0 Å². The van der Waals surface area contributed by atoms with Gasteiger partial charge in [0.2, 0.25) is 5.91 Å². The Morgan fingerprint density at radius 2 is 2.25 bits per heavy atom. The van der Waals surface area contributed by atoms with E-state index in [1.807, 2.05) is 26.8 Å². The first-order chi connectivity index (χ1) is 7.58. The molecule has 0 aromatic carbocycles. The van der Waals surface area contributed by atoms with E-state index >= 15 is 0 Å². The third kappa shape index (κ3) is 4.84. The maximum Gasteiger partial charge on any atom is 0.234 e. The van der Waals surface area contributed by atoms with Crippen molar-refractivity contribution in [2.75, 3.05) is 6.54 Å². The van der Waals surface area contributed by atoms with E-state index in [0.717, 1.165) is 11.5 Å². The van der Waals surface area contributed by atoms with E-state index in [1.54, 1.807) is 6.20 Å². The van der Waals surface area contributed by atoms with Gasteiger partial charge in [-0.2, -0.15) is 0 Å². The van der Waals surface area contributed by atoms with Gasteiger partial charge in [0.1, 0.15) is 5.82 Å². The fourth-order valence-electron chi connectivity index (χ4n) is 1.28. The molecule has 16 heavy (non-hydrogen) atoms. The Balaban J connectivity index is 2.28. The van der Waals surface area contributed by atoms with Gasteiger partial charge in [0.25, 0.3) is 0 Å². The number of carbonyl (C=O) groups excluding carboxylic acids is 1. The predicted molar refractivity (Wildman–Crippen MR) is 61.8 cm³/mol. The van der Waals surface area contributed by atoms with Gasteiger partial charge in [0, 0.05) is 18.8 Å². The van der Waals surface area contributed by atoms with Gasteiger partial charge in [0.15, 0.2) is 0 Å². The van der Waals surface area contributed by atoms with Crippen LogP contribution in [0.15, 0.2) is 12.3 Å². The van der Waals surface area contributed by atoms with E-state index in [9.17, 15) is 4.79 Å². The molecule has 0 saturated carbocycles. The summed E-state index contributed by atoms with van der Waals surface area (Å²) in [6.45, 7) is 6.60. The fourth-order valence-corrected chi connectivity index (χ4v) is 1.28. The Kier molecular flexibility index (Phi) is 4.85.